The van der Waals surface area contributed by atoms with Gasteiger partial charge in [0.05, 0.1) is 24.4 Å². The van der Waals surface area contributed by atoms with E-state index in [9.17, 15) is 0 Å². The van der Waals surface area contributed by atoms with Crippen molar-refractivity contribution in [1.29, 1.82) is 0 Å². The average Bonchev–Trinajstić information content (AvgIpc) is 3.37. The summed E-state index contributed by atoms with van der Waals surface area (Å²) in [5, 5.41) is 0.797. The summed E-state index contributed by atoms with van der Waals surface area (Å²) >= 11 is 2.26. The molecule has 2 heterocycles. The third-order valence-electron chi connectivity index (χ3n) is 6.89. The second-order valence-corrected chi connectivity index (χ2v) is 9.62. The summed E-state index contributed by atoms with van der Waals surface area (Å²) in [5.41, 5.74) is 0. The van der Waals surface area contributed by atoms with Gasteiger partial charge in [-0.25, -0.2) is 0 Å². The molecule has 0 spiro atoms. The summed E-state index contributed by atoms with van der Waals surface area (Å²) < 4.78 is 12.0. The third-order valence-corrected chi connectivity index (χ3v) is 8.44. The highest BCUT2D eigenvalue weighted by molar-refractivity contribution is 7.99. The first kappa shape index (κ1) is 13.7. The first-order chi connectivity index (χ1) is 10.3. The molecule has 0 N–H and O–H groups in total. The number of rotatable bonds is 3. The largest absolute Gasteiger partial charge is 0.369 e. The van der Waals surface area contributed by atoms with Gasteiger partial charge in [-0.2, -0.15) is 11.8 Å². The summed E-state index contributed by atoms with van der Waals surface area (Å²) in [4.78, 5) is 0. The maximum absolute atomic E-state index is 6.11. The third kappa shape index (κ3) is 2.48. The molecule has 5 rings (SSSR count). The summed E-state index contributed by atoms with van der Waals surface area (Å²) in [6, 6.07) is 0. The van der Waals surface area contributed by atoms with Crippen LogP contribution in [0.4, 0.5) is 0 Å². The number of epoxide rings is 2. The second-order valence-electron chi connectivity index (χ2n) is 8.35. The maximum Gasteiger partial charge on any atom is 0.0964 e. The van der Waals surface area contributed by atoms with Gasteiger partial charge < -0.3 is 9.47 Å². The van der Waals surface area contributed by atoms with Crippen molar-refractivity contribution in [3.63, 3.8) is 0 Å². The Morgan fingerprint density at radius 2 is 1.76 bits per heavy atom. The van der Waals surface area contributed by atoms with Gasteiger partial charge >= 0.3 is 0 Å². The minimum absolute atomic E-state index is 0.572. The van der Waals surface area contributed by atoms with Gasteiger partial charge in [0.1, 0.15) is 0 Å². The number of thioether (sulfide) groups is 1. The molecular weight excluding hydrogens is 280 g/mol. The van der Waals surface area contributed by atoms with Gasteiger partial charge in [0.15, 0.2) is 0 Å². The standard InChI is InChI=1S/C18H28O2S/c1-10-2-4-11(5-3-10)9-21-14-8-12-6-7-13-16(19-13)15(12)18-17(14)20-18/h10-18H,2-9H2,1H3. The molecule has 3 aliphatic carbocycles. The predicted molar refractivity (Wildman–Crippen MR) is 85.5 cm³/mol. The van der Waals surface area contributed by atoms with Crippen LogP contribution in [0, 0.1) is 23.7 Å². The Morgan fingerprint density at radius 1 is 0.905 bits per heavy atom. The van der Waals surface area contributed by atoms with E-state index in [1.807, 2.05) is 0 Å². The number of hydrogen-bond acceptors (Lipinski definition) is 3. The quantitative estimate of drug-likeness (QED) is 0.740. The lowest BCUT2D eigenvalue weighted by Crippen LogP contribution is -2.39. The van der Waals surface area contributed by atoms with Crippen LogP contribution in [-0.2, 0) is 9.47 Å². The first-order valence-electron chi connectivity index (χ1n) is 9.22. The van der Waals surface area contributed by atoms with Crippen molar-refractivity contribution in [3.05, 3.63) is 0 Å². The molecule has 118 valence electrons. The van der Waals surface area contributed by atoms with E-state index >= 15 is 0 Å². The van der Waals surface area contributed by atoms with Crippen molar-refractivity contribution in [2.45, 2.75) is 81.5 Å². The van der Waals surface area contributed by atoms with Crippen LogP contribution in [0.1, 0.15) is 51.9 Å². The van der Waals surface area contributed by atoms with E-state index < -0.39 is 0 Å². The molecule has 0 aromatic rings. The van der Waals surface area contributed by atoms with Crippen LogP contribution in [0.3, 0.4) is 0 Å². The second kappa shape index (κ2) is 5.14. The highest BCUT2D eigenvalue weighted by Gasteiger charge is 2.65. The SMILES string of the molecule is CC1CCC(CSC2CC3CCC4OC4C3C3OC23)CC1. The molecule has 3 saturated carbocycles. The van der Waals surface area contributed by atoms with Crippen molar-refractivity contribution in [1.82, 2.24) is 0 Å². The normalized spacial score (nSPS) is 57.9. The Balaban J connectivity index is 1.16. The van der Waals surface area contributed by atoms with Crippen molar-refractivity contribution in [3.8, 4) is 0 Å². The van der Waals surface area contributed by atoms with Crippen LogP contribution in [-0.4, -0.2) is 35.4 Å². The molecule has 21 heavy (non-hydrogen) atoms. The predicted octanol–water partition coefficient (Wildman–Crippen LogP) is 3.88. The lowest BCUT2D eigenvalue weighted by molar-refractivity contribution is 0.183. The minimum atomic E-state index is 0.572. The molecule has 0 amide bonds. The van der Waals surface area contributed by atoms with Gasteiger partial charge in [0, 0.05) is 11.2 Å². The first-order valence-corrected chi connectivity index (χ1v) is 10.3. The van der Waals surface area contributed by atoms with E-state index in [1.165, 1.54) is 50.7 Å². The molecule has 2 nitrogen and oxygen atoms in total. The van der Waals surface area contributed by atoms with E-state index in [0.29, 0.717) is 24.4 Å². The monoisotopic (exact) mass is 308 g/mol. The van der Waals surface area contributed by atoms with Gasteiger partial charge in [-0.05, 0) is 55.6 Å². The van der Waals surface area contributed by atoms with Gasteiger partial charge in [-0.1, -0.05) is 19.8 Å². The van der Waals surface area contributed by atoms with Gasteiger partial charge in [0.25, 0.3) is 0 Å². The summed E-state index contributed by atoms with van der Waals surface area (Å²) in [6.07, 6.45) is 12.4. The molecule has 2 aliphatic heterocycles. The number of ether oxygens (including phenoxy) is 2. The Hall–Kier alpha value is 0.270. The molecule has 0 aromatic heterocycles. The molecular formula is C18H28O2S. The molecule has 7 atom stereocenters. The molecule has 7 unspecified atom stereocenters. The zero-order chi connectivity index (χ0) is 14.0. The lowest BCUT2D eigenvalue weighted by atomic mass is 9.71. The van der Waals surface area contributed by atoms with Crippen LogP contribution in [0.5, 0.6) is 0 Å². The van der Waals surface area contributed by atoms with Crippen molar-refractivity contribution < 1.29 is 9.47 Å². The van der Waals surface area contributed by atoms with Gasteiger partial charge in [0.2, 0.25) is 0 Å². The van der Waals surface area contributed by atoms with Gasteiger partial charge in [-0.3, -0.25) is 0 Å². The Labute approximate surface area is 132 Å². The molecule has 0 bridgehead atoms. The van der Waals surface area contributed by atoms with Gasteiger partial charge in [-0.15, -0.1) is 0 Å². The van der Waals surface area contributed by atoms with E-state index in [2.05, 4.69) is 18.7 Å². The van der Waals surface area contributed by atoms with Crippen LogP contribution in [0.15, 0.2) is 0 Å². The summed E-state index contributed by atoms with van der Waals surface area (Å²) in [7, 11) is 0. The van der Waals surface area contributed by atoms with E-state index in [-0.39, 0.29) is 0 Å². The van der Waals surface area contributed by atoms with Crippen molar-refractivity contribution in [2.24, 2.45) is 23.7 Å². The Bertz CT molecular complexity index is 406. The summed E-state index contributed by atoms with van der Waals surface area (Å²) in [6.45, 7) is 2.42. The average molecular weight is 308 g/mol. The maximum atomic E-state index is 6.11. The van der Waals surface area contributed by atoms with E-state index in [0.717, 1.165) is 28.9 Å². The highest BCUT2D eigenvalue weighted by Crippen LogP contribution is 2.58. The molecule has 0 radical (unpaired) electrons. The molecule has 3 heteroatoms. The van der Waals surface area contributed by atoms with E-state index in [1.54, 1.807) is 0 Å². The van der Waals surface area contributed by atoms with Crippen molar-refractivity contribution in [2.75, 3.05) is 5.75 Å². The Kier molecular flexibility index (Phi) is 3.35. The van der Waals surface area contributed by atoms with Crippen LogP contribution < -0.4 is 0 Å². The molecule has 5 aliphatic rings. The fourth-order valence-corrected chi connectivity index (χ4v) is 7.04. The molecule has 0 aromatic carbocycles. The highest BCUT2D eigenvalue weighted by atomic mass is 32.2. The van der Waals surface area contributed by atoms with Crippen LogP contribution >= 0.6 is 11.8 Å². The minimum Gasteiger partial charge on any atom is -0.369 e. The van der Waals surface area contributed by atoms with Crippen molar-refractivity contribution >= 4 is 11.8 Å². The summed E-state index contributed by atoms with van der Waals surface area (Å²) in [5.74, 6) is 5.03. The zero-order valence-electron chi connectivity index (χ0n) is 13.1. The lowest BCUT2D eigenvalue weighted by Gasteiger charge is -2.35. The fourth-order valence-electron chi connectivity index (χ4n) is 5.39. The smallest absolute Gasteiger partial charge is 0.0964 e. The van der Waals surface area contributed by atoms with Crippen LogP contribution in [0.25, 0.3) is 0 Å². The molecule has 2 saturated heterocycles. The van der Waals surface area contributed by atoms with Crippen LogP contribution in [0.2, 0.25) is 0 Å². The van der Waals surface area contributed by atoms with E-state index in [4.69, 9.17) is 9.47 Å². The topological polar surface area (TPSA) is 25.1 Å². The Morgan fingerprint density at radius 3 is 2.62 bits per heavy atom. The fraction of sp³-hybridized carbons (Fsp3) is 1.00. The number of hydrogen-bond donors (Lipinski definition) is 0. The zero-order valence-corrected chi connectivity index (χ0v) is 13.9. The molecule has 5 fully saturated rings. The number of fused-ring (bicyclic) bond motifs is 5.